The number of hydrogen-bond acceptors (Lipinski definition) is 6. The smallest absolute Gasteiger partial charge is 0.226 e. The minimum absolute atomic E-state index is 0.0658. The molecule has 194 valence electrons. The number of benzene rings is 2. The van der Waals surface area contributed by atoms with Gasteiger partial charge in [0, 0.05) is 31.9 Å². The van der Waals surface area contributed by atoms with Crippen molar-refractivity contribution in [3.63, 3.8) is 0 Å². The van der Waals surface area contributed by atoms with Crippen LogP contribution in [-0.2, 0) is 19.4 Å². The summed E-state index contributed by atoms with van der Waals surface area (Å²) < 4.78 is 25.8. The summed E-state index contributed by atoms with van der Waals surface area (Å²) >= 11 is 0. The predicted molar refractivity (Wildman–Crippen MR) is 138 cm³/mol. The van der Waals surface area contributed by atoms with Crippen molar-refractivity contribution in [2.75, 3.05) is 31.1 Å². The van der Waals surface area contributed by atoms with Crippen molar-refractivity contribution >= 4 is 27.3 Å². The Morgan fingerprint density at radius 2 is 1.51 bits per heavy atom. The standard InChI is InChI=1S/C28H32N4O4S/c29-20-27(14-15-27)28(26(30)34)13-5-4-8-24(28)25(33)32-18-16-31(17-19-32)21-9-11-23(12-10-21)37(35,36)22-6-2-1-3-7-22/h1-3,6-7,9-12,24H,4-5,8,13-19H2,(H2,30,34). The largest absolute Gasteiger partial charge is 0.369 e. The van der Waals surface area contributed by atoms with Crippen LogP contribution in [0.3, 0.4) is 0 Å². The normalized spacial score (nSPS) is 25.2. The summed E-state index contributed by atoms with van der Waals surface area (Å²) in [6.45, 7) is 2.17. The van der Waals surface area contributed by atoms with E-state index in [1.165, 1.54) is 0 Å². The molecule has 2 N–H and O–H groups in total. The summed E-state index contributed by atoms with van der Waals surface area (Å²) in [4.78, 5) is 31.0. The first-order chi connectivity index (χ1) is 17.7. The summed E-state index contributed by atoms with van der Waals surface area (Å²) in [7, 11) is -3.58. The number of primary amides is 1. The van der Waals surface area contributed by atoms with Gasteiger partial charge in [-0.15, -0.1) is 0 Å². The number of nitrogens with zero attached hydrogens (tertiary/aromatic N) is 3. The van der Waals surface area contributed by atoms with Crippen LogP contribution < -0.4 is 10.6 Å². The highest BCUT2D eigenvalue weighted by molar-refractivity contribution is 7.91. The van der Waals surface area contributed by atoms with Crippen LogP contribution in [0.15, 0.2) is 64.4 Å². The van der Waals surface area contributed by atoms with E-state index in [9.17, 15) is 23.3 Å². The first-order valence-corrected chi connectivity index (χ1v) is 14.4. The number of nitriles is 1. The van der Waals surface area contributed by atoms with E-state index in [0.717, 1.165) is 18.5 Å². The Bertz CT molecular complexity index is 1320. The van der Waals surface area contributed by atoms with Crippen molar-refractivity contribution in [1.82, 2.24) is 4.90 Å². The second kappa shape index (κ2) is 9.49. The fourth-order valence-corrected chi connectivity index (χ4v) is 7.65. The predicted octanol–water partition coefficient (Wildman–Crippen LogP) is 3.13. The minimum Gasteiger partial charge on any atom is -0.369 e. The highest BCUT2D eigenvalue weighted by atomic mass is 32.2. The van der Waals surface area contributed by atoms with Gasteiger partial charge in [-0.3, -0.25) is 9.59 Å². The molecule has 2 aromatic rings. The molecule has 9 heteroatoms. The van der Waals surface area contributed by atoms with Gasteiger partial charge < -0.3 is 15.5 Å². The SMILES string of the molecule is N#CC1(C2(C(N)=O)CCCCC2C(=O)N2CCN(c3ccc(S(=O)(=O)c4ccccc4)cc3)CC2)CC1. The van der Waals surface area contributed by atoms with Gasteiger partial charge in [0.1, 0.15) is 0 Å². The molecule has 2 aliphatic carbocycles. The number of anilines is 1. The minimum atomic E-state index is -3.58. The highest BCUT2D eigenvalue weighted by Gasteiger charge is 2.68. The Kier molecular flexibility index (Phi) is 6.48. The fraction of sp³-hybridized carbons (Fsp3) is 0.464. The molecule has 2 unspecified atom stereocenters. The van der Waals surface area contributed by atoms with E-state index < -0.39 is 32.5 Å². The molecule has 2 amide bonds. The number of hydrogen-bond donors (Lipinski definition) is 1. The van der Waals surface area contributed by atoms with Gasteiger partial charge in [0.25, 0.3) is 0 Å². The fourth-order valence-electron chi connectivity index (χ4n) is 6.37. The molecule has 8 nitrogen and oxygen atoms in total. The Morgan fingerprint density at radius 1 is 0.892 bits per heavy atom. The van der Waals surface area contributed by atoms with Crippen LogP contribution in [0.2, 0.25) is 0 Å². The van der Waals surface area contributed by atoms with E-state index in [1.807, 2.05) is 4.90 Å². The zero-order chi connectivity index (χ0) is 26.3. The second-order valence-electron chi connectivity index (χ2n) is 10.5. The van der Waals surface area contributed by atoms with Crippen molar-refractivity contribution < 1.29 is 18.0 Å². The molecule has 2 aromatic carbocycles. The highest BCUT2D eigenvalue weighted by Crippen LogP contribution is 2.65. The lowest BCUT2D eigenvalue weighted by molar-refractivity contribution is -0.154. The number of carbonyl (C=O) groups excluding carboxylic acids is 2. The molecule has 0 aromatic heterocycles. The van der Waals surface area contributed by atoms with Crippen molar-refractivity contribution in [1.29, 1.82) is 5.26 Å². The van der Waals surface area contributed by atoms with Crippen molar-refractivity contribution in [2.45, 2.75) is 48.3 Å². The maximum atomic E-state index is 13.7. The summed E-state index contributed by atoms with van der Waals surface area (Å²) in [5.74, 6) is -1.12. The van der Waals surface area contributed by atoms with Crippen molar-refractivity contribution in [3.8, 4) is 6.07 Å². The first-order valence-electron chi connectivity index (χ1n) is 12.9. The second-order valence-corrected chi connectivity index (χ2v) is 12.4. The van der Waals surface area contributed by atoms with Crippen LogP contribution in [-0.4, -0.2) is 51.3 Å². The van der Waals surface area contributed by atoms with E-state index in [-0.39, 0.29) is 15.7 Å². The first kappa shape index (κ1) is 25.3. The number of rotatable bonds is 6. The van der Waals surface area contributed by atoms with Gasteiger partial charge in [-0.2, -0.15) is 5.26 Å². The maximum absolute atomic E-state index is 13.7. The van der Waals surface area contributed by atoms with Crippen LogP contribution in [0.1, 0.15) is 38.5 Å². The molecule has 37 heavy (non-hydrogen) atoms. The van der Waals surface area contributed by atoms with E-state index in [0.29, 0.717) is 51.9 Å². The topological polar surface area (TPSA) is 125 Å². The number of amides is 2. The molecule has 1 heterocycles. The lowest BCUT2D eigenvalue weighted by Gasteiger charge is -2.47. The third-order valence-corrected chi connectivity index (χ3v) is 10.4. The number of piperazine rings is 1. The molecular weight excluding hydrogens is 488 g/mol. The molecule has 1 saturated heterocycles. The van der Waals surface area contributed by atoms with E-state index >= 15 is 0 Å². The number of carbonyl (C=O) groups is 2. The van der Waals surface area contributed by atoms with E-state index in [2.05, 4.69) is 11.0 Å². The summed E-state index contributed by atoms with van der Waals surface area (Å²) in [6.07, 6.45) is 4.00. The van der Waals surface area contributed by atoms with Gasteiger partial charge in [0.2, 0.25) is 21.7 Å². The van der Waals surface area contributed by atoms with Crippen LogP contribution in [0, 0.1) is 28.1 Å². The van der Waals surface area contributed by atoms with Crippen LogP contribution in [0.5, 0.6) is 0 Å². The lowest BCUT2D eigenvalue weighted by atomic mass is 9.57. The van der Waals surface area contributed by atoms with Crippen LogP contribution >= 0.6 is 0 Å². The lowest BCUT2D eigenvalue weighted by Crippen LogP contribution is -2.58. The van der Waals surface area contributed by atoms with Crippen LogP contribution in [0.4, 0.5) is 5.69 Å². The van der Waals surface area contributed by atoms with E-state index in [1.54, 1.807) is 54.6 Å². The molecule has 2 atom stereocenters. The summed E-state index contributed by atoms with van der Waals surface area (Å²) in [5.41, 5.74) is 4.94. The maximum Gasteiger partial charge on any atom is 0.226 e. The van der Waals surface area contributed by atoms with E-state index in [4.69, 9.17) is 5.73 Å². The zero-order valence-corrected chi connectivity index (χ0v) is 21.6. The van der Waals surface area contributed by atoms with Crippen molar-refractivity contribution in [3.05, 3.63) is 54.6 Å². The molecular formula is C28H32N4O4S. The zero-order valence-electron chi connectivity index (χ0n) is 20.8. The third-order valence-electron chi connectivity index (χ3n) is 8.62. The van der Waals surface area contributed by atoms with Crippen molar-refractivity contribution in [2.24, 2.45) is 22.5 Å². The molecule has 0 radical (unpaired) electrons. The third kappa shape index (κ3) is 4.17. The molecule has 3 aliphatic rings. The van der Waals surface area contributed by atoms with Gasteiger partial charge in [-0.1, -0.05) is 31.0 Å². The quantitative estimate of drug-likeness (QED) is 0.624. The Labute approximate surface area is 218 Å². The molecule has 2 saturated carbocycles. The Morgan fingerprint density at radius 3 is 2.08 bits per heavy atom. The molecule has 3 fully saturated rings. The molecule has 1 aliphatic heterocycles. The molecule has 0 bridgehead atoms. The van der Waals surface area contributed by atoms with Gasteiger partial charge in [0.05, 0.1) is 32.6 Å². The Hall–Kier alpha value is -3.38. The van der Waals surface area contributed by atoms with Gasteiger partial charge in [-0.25, -0.2) is 8.42 Å². The number of nitrogens with two attached hydrogens (primary N) is 1. The molecule has 5 rings (SSSR count). The average Bonchev–Trinajstić information content (AvgIpc) is 3.75. The number of sulfone groups is 1. The average molecular weight is 521 g/mol. The summed E-state index contributed by atoms with van der Waals surface area (Å²) in [5, 5.41) is 9.90. The summed E-state index contributed by atoms with van der Waals surface area (Å²) in [6, 6.07) is 17.6. The van der Waals surface area contributed by atoms with Gasteiger partial charge in [0.15, 0.2) is 0 Å². The van der Waals surface area contributed by atoms with Crippen LogP contribution in [0.25, 0.3) is 0 Å². The molecule has 0 spiro atoms. The van der Waals surface area contributed by atoms with Gasteiger partial charge in [-0.05, 0) is 62.1 Å². The Balaban J connectivity index is 1.28. The van der Waals surface area contributed by atoms with Gasteiger partial charge >= 0.3 is 0 Å². The monoisotopic (exact) mass is 520 g/mol.